The van der Waals surface area contributed by atoms with Crippen molar-refractivity contribution < 1.29 is 164 Å². The molecule has 0 aliphatic rings. The maximum atomic E-state index is 0. The second-order valence-corrected chi connectivity index (χ2v) is 0. The van der Waals surface area contributed by atoms with Crippen molar-refractivity contribution in [3.63, 3.8) is 0 Å². The van der Waals surface area contributed by atoms with E-state index in [-0.39, 0.29) is 186 Å². The van der Waals surface area contributed by atoms with Crippen LogP contribution in [0.25, 0.3) is 0 Å². The maximum Gasteiger partial charge on any atom is 3.00 e. The first-order valence-corrected chi connectivity index (χ1v) is 0. The zero-order valence-electron chi connectivity index (χ0n) is 5.89. The molecule has 0 aliphatic heterocycles. The predicted octanol–water partition coefficient (Wildman–Crippen LogP) is 1.34. The van der Waals surface area contributed by atoms with Crippen molar-refractivity contribution in [3.8, 4) is 0 Å². The largest absolute Gasteiger partial charge is 3.00 e. The fraction of sp³-hybridized carbons (Fsp3) is 0. The van der Waals surface area contributed by atoms with Gasteiger partial charge in [0.05, 0.1) is 0 Å². The third-order valence-electron chi connectivity index (χ3n) is 0. The van der Waals surface area contributed by atoms with E-state index in [0.717, 1.165) is 0 Å². The first-order valence-electron chi connectivity index (χ1n) is 0. The van der Waals surface area contributed by atoms with Crippen molar-refractivity contribution >= 4 is 0 Å². The van der Waals surface area contributed by atoms with Gasteiger partial charge in [-0.05, 0) is 0 Å². The number of hydrogen-bond donors (Lipinski definition) is 0. The van der Waals surface area contributed by atoms with E-state index >= 15 is 0 Å². The molecule has 0 unspecified atom stereocenters. The smallest absolute Gasteiger partial charge is 0.358 e. The van der Waals surface area contributed by atoms with Crippen LogP contribution in [-0.4, -0.2) is 0 Å². The molecular weight excluding hydrogens is 481 g/mol. The van der Waals surface area contributed by atoms with Gasteiger partial charge in [-0.1, -0.05) is 0 Å². The van der Waals surface area contributed by atoms with E-state index in [9.17, 15) is 0 Å². The monoisotopic (exact) mass is 490 g/mol. The van der Waals surface area contributed by atoms with Crippen LogP contribution < -0.4 is 0 Å². The van der Waals surface area contributed by atoms with Gasteiger partial charge in [0.25, 0.3) is 0 Å². The van der Waals surface area contributed by atoms with E-state index in [2.05, 4.69) is 0 Å². The SMILES string of the molecule is [CH3-].[CH3-].[CH3-].[Y+3].[Y].[Y].[Y].[Y]. The van der Waals surface area contributed by atoms with Crippen molar-refractivity contribution in [1.29, 1.82) is 0 Å². The molecule has 0 atom stereocenters. The minimum Gasteiger partial charge on any atom is -0.358 e. The van der Waals surface area contributed by atoms with Gasteiger partial charge in [-0.15, -0.1) is 0 Å². The summed E-state index contributed by atoms with van der Waals surface area (Å²) in [5.41, 5.74) is 0. The molecule has 0 amide bonds. The van der Waals surface area contributed by atoms with E-state index in [4.69, 9.17) is 0 Å². The molecule has 0 N–H and O–H groups in total. The van der Waals surface area contributed by atoms with Crippen LogP contribution in [0.5, 0.6) is 0 Å². The zero-order chi connectivity index (χ0) is 0. The third-order valence-corrected chi connectivity index (χ3v) is 0. The maximum absolute atomic E-state index is 0. The Hall–Kier alpha value is 5.52. The Kier molecular flexibility index (Phi) is 474. The van der Waals surface area contributed by atoms with Crippen LogP contribution in [0.15, 0.2) is 0 Å². The van der Waals surface area contributed by atoms with E-state index in [1.165, 1.54) is 0 Å². The Balaban J connectivity index is 0. The van der Waals surface area contributed by atoms with E-state index < -0.39 is 0 Å². The molecule has 8 heavy (non-hydrogen) atoms. The molecule has 0 aromatic carbocycles. The van der Waals surface area contributed by atoms with Crippen LogP contribution in [0.4, 0.5) is 0 Å². The van der Waals surface area contributed by atoms with Crippen molar-refractivity contribution in [2.75, 3.05) is 0 Å². The fourth-order valence-corrected chi connectivity index (χ4v) is 0. The molecule has 0 aliphatic carbocycles. The fourth-order valence-electron chi connectivity index (χ4n) is 0. The molecule has 0 aromatic heterocycles. The second kappa shape index (κ2) is 54.5. The summed E-state index contributed by atoms with van der Waals surface area (Å²) >= 11 is 0. The van der Waals surface area contributed by atoms with Gasteiger partial charge >= 0.3 is 32.7 Å². The molecule has 36 valence electrons. The minimum atomic E-state index is 0. The molecule has 0 aromatic rings. The van der Waals surface area contributed by atoms with Crippen molar-refractivity contribution in [3.05, 3.63) is 22.3 Å². The van der Waals surface area contributed by atoms with Crippen molar-refractivity contribution in [2.24, 2.45) is 0 Å². The van der Waals surface area contributed by atoms with E-state index in [0.29, 0.717) is 0 Å². The Labute approximate surface area is 180 Å². The van der Waals surface area contributed by atoms with Gasteiger partial charge < -0.3 is 22.3 Å². The van der Waals surface area contributed by atoms with Crippen LogP contribution in [0.1, 0.15) is 0 Å². The topological polar surface area (TPSA) is 0 Å². The average molecular weight is 490 g/mol. The summed E-state index contributed by atoms with van der Waals surface area (Å²) in [6.07, 6.45) is 0. The van der Waals surface area contributed by atoms with Crippen LogP contribution in [0.3, 0.4) is 0 Å². The molecular formula is C3H9Y5. The summed E-state index contributed by atoms with van der Waals surface area (Å²) in [7, 11) is 0. The Bertz CT molecular complexity index is 7.64. The molecule has 4 radical (unpaired) electrons. The van der Waals surface area contributed by atoms with E-state index in [1.54, 1.807) is 0 Å². The second-order valence-electron chi connectivity index (χ2n) is 0. The predicted molar refractivity (Wildman–Crippen MR) is 19.2 cm³/mol. The molecule has 0 saturated carbocycles. The molecule has 0 heterocycles. The number of hydrogen-bond acceptors (Lipinski definition) is 0. The Morgan fingerprint density at radius 1 is 0.375 bits per heavy atom. The van der Waals surface area contributed by atoms with Crippen LogP contribution >= 0.6 is 0 Å². The van der Waals surface area contributed by atoms with Gasteiger partial charge in [-0.3, -0.25) is 0 Å². The molecule has 0 spiro atoms. The first-order chi connectivity index (χ1) is 0. The molecule has 0 saturated heterocycles. The minimum absolute atomic E-state index is 0. The first kappa shape index (κ1) is 69.6. The quantitative estimate of drug-likeness (QED) is 0.451. The molecule has 5 heteroatoms. The number of rotatable bonds is 0. The Morgan fingerprint density at radius 3 is 0.375 bits per heavy atom. The van der Waals surface area contributed by atoms with Crippen molar-refractivity contribution in [1.82, 2.24) is 0 Å². The summed E-state index contributed by atoms with van der Waals surface area (Å²) in [5.74, 6) is 0. The van der Waals surface area contributed by atoms with Gasteiger partial charge in [-0.2, -0.15) is 0 Å². The van der Waals surface area contributed by atoms with Crippen molar-refractivity contribution in [2.45, 2.75) is 0 Å². The Morgan fingerprint density at radius 2 is 0.375 bits per heavy atom. The van der Waals surface area contributed by atoms with E-state index in [1.807, 2.05) is 0 Å². The summed E-state index contributed by atoms with van der Waals surface area (Å²) in [6.45, 7) is 0. The zero-order valence-corrected chi connectivity index (χ0v) is 20.1. The van der Waals surface area contributed by atoms with Gasteiger partial charge in [0.1, 0.15) is 0 Å². The molecule has 0 bridgehead atoms. The van der Waals surface area contributed by atoms with Gasteiger partial charge in [0.15, 0.2) is 0 Å². The normalized spacial score (nSPS) is 0. The summed E-state index contributed by atoms with van der Waals surface area (Å²) < 4.78 is 0. The van der Waals surface area contributed by atoms with Crippen LogP contribution in [0.2, 0.25) is 0 Å². The molecule has 0 fully saturated rings. The molecule has 0 rings (SSSR count). The third kappa shape index (κ3) is 41.8. The van der Waals surface area contributed by atoms with Gasteiger partial charge in [0.2, 0.25) is 0 Å². The van der Waals surface area contributed by atoms with Crippen LogP contribution in [0, 0.1) is 22.3 Å². The van der Waals surface area contributed by atoms with Gasteiger partial charge in [0, 0.05) is 131 Å². The summed E-state index contributed by atoms with van der Waals surface area (Å²) in [6, 6.07) is 0. The summed E-state index contributed by atoms with van der Waals surface area (Å²) in [5, 5.41) is 0. The van der Waals surface area contributed by atoms with Crippen LogP contribution in [-0.2, 0) is 164 Å². The average Bonchev–Trinajstić information content (AvgIpc) is 0. The standard InChI is InChI=1S/3CH3.5Y/h3*1H3;;;;;/q3*-1;;;;;+3. The van der Waals surface area contributed by atoms with Gasteiger partial charge in [-0.25, -0.2) is 0 Å². The molecule has 0 nitrogen and oxygen atoms in total. The summed E-state index contributed by atoms with van der Waals surface area (Å²) in [4.78, 5) is 0.